The van der Waals surface area contributed by atoms with Crippen molar-refractivity contribution in [3.8, 4) is 0 Å². The van der Waals surface area contributed by atoms with Gasteiger partial charge in [-0.3, -0.25) is 14.6 Å². The highest BCUT2D eigenvalue weighted by Crippen LogP contribution is 2.21. The summed E-state index contributed by atoms with van der Waals surface area (Å²) in [4.78, 5) is 30.7. The number of hydrogen-bond acceptors (Lipinski definition) is 6. The molecule has 2 aromatic carbocycles. The molecule has 0 aliphatic heterocycles. The summed E-state index contributed by atoms with van der Waals surface area (Å²) in [7, 11) is -4.00. The maximum absolute atomic E-state index is 13.5. The summed E-state index contributed by atoms with van der Waals surface area (Å²) in [6.07, 6.45) is 1.34. The number of hydrogen-bond donors (Lipinski definition) is 1. The minimum Gasteiger partial charge on any atom is -0.461 e. The minimum absolute atomic E-state index is 0.0424. The molecule has 0 radical (unpaired) electrons. The van der Waals surface area contributed by atoms with Gasteiger partial charge in [-0.1, -0.05) is 68.5 Å². The average molecular weight is 509 g/mol. The Morgan fingerprint density at radius 1 is 1.06 bits per heavy atom. The SMILES string of the molecule is C=CCOC(=O)[C@@H](CC(=O)[C@H](Cc1ccc2ccccc2n1)NS(=O)(=O)c1ccc(C)cc1)C(C)C. The maximum Gasteiger partial charge on any atom is 0.309 e. The molecule has 0 unspecified atom stereocenters. The van der Waals surface area contributed by atoms with Crippen LogP contribution in [0.3, 0.4) is 0 Å². The van der Waals surface area contributed by atoms with Crippen LogP contribution in [0, 0.1) is 18.8 Å². The monoisotopic (exact) mass is 508 g/mol. The molecule has 3 aromatic rings. The van der Waals surface area contributed by atoms with E-state index < -0.39 is 33.7 Å². The van der Waals surface area contributed by atoms with Gasteiger partial charge in [0.25, 0.3) is 0 Å². The van der Waals surface area contributed by atoms with E-state index in [1.165, 1.54) is 18.2 Å². The largest absolute Gasteiger partial charge is 0.461 e. The normalized spacial score (nSPS) is 13.3. The summed E-state index contributed by atoms with van der Waals surface area (Å²) < 4.78 is 34.1. The van der Waals surface area contributed by atoms with E-state index in [9.17, 15) is 18.0 Å². The molecule has 1 N–H and O–H groups in total. The van der Waals surface area contributed by atoms with Crippen molar-refractivity contribution in [2.24, 2.45) is 11.8 Å². The fourth-order valence-electron chi connectivity index (χ4n) is 3.82. The van der Waals surface area contributed by atoms with Gasteiger partial charge in [0.05, 0.1) is 22.4 Å². The van der Waals surface area contributed by atoms with E-state index in [2.05, 4.69) is 16.3 Å². The van der Waals surface area contributed by atoms with Crippen molar-refractivity contribution in [2.45, 2.75) is 44.6 Å². The first-order valence-corrected chi connectivity index (χ1v) is 13.3. The molecular weight excluding hydrogens is 476 g/mol. The van der Waals surface area contributed by atoms with Crippen LogP contribution < -0.4 is 4.72 Å². The van der Waals surface area contributed by atoms with Crippen molar-refractivity contribution in [3.05, 3.63) is 84.6 Å². The van der Waals surface area contributed by atoms with E-state index in [-0.39, 0.29) is 30.3 Å². The zero-order valence-electron chi connectivity index (χ0n) is 20.8. The number of Topliss-reactive ketones (excluding diaryl/α,β-unsaturated/α-hetero) is 1. The summed E-state index contributed by atoms with van der Waals surface area (Å²) in [6, 6.07) is 16.5. The molecule has 0 aliphatic carbocycles. The number of nitrogens with one attached hydrogen (secondary N) is 1. The molecule has 0 fully saturated rings. The lowest BCUT2D eigenvalue weighted by Crippen LogP contribution is -2.44. The van der Waals surface area contributed by atoms with Gasteiger partial charge in [-0.25, -0.2) is 13.1 Å². The second-order valence-electron chi connectivity index (χ2n) is 9.13. The lowest BCUT2D eigenvalue weighted by molar-refractivity contribution is -0.150. The van der Waals surface area contributed by atoms with Crippen molar-refractivity contribution in [3.63, 3.8) is 0 Å². The minimum atomic E-state index is -4.00. The standard InChI is InChI=1S/C28H32N2O5S/c1-5-16-35-28(32)24(19(2)3)18-27(31)26(30-36(33,34)23-14-10-20(4)11-15-23)17-22-13-12-21-8-6-7-9-25(21)29-22/h5-15,19,24,26,30H,1,16-18H2,2-4H3/t24-,26-/m0/s1. The lowest BCUT2D eigenvalue weighted by Gasteiger charge is -2.23. The van der Waals surface area contributed by atoms with Crippen LogP contribution in [0.5, 0.6) is 0 Å². The first-order valence-electron chi connectivity index (χ1n) is 11.8. The number of para-hydroxylation sites is 1. The van der Waals surface area contributed by atoms with Crippen molar-refractivity contribution in [1.82, 2.24) is 9.71 Å². The van der Waals surface area contributed by atoms with E-state index in [4.69, 9.17) is 4.74 Å². The summed E-state index contributed by atoms with van der Waals surface area (Å²) >= 11 is 0. The van der Waals surface area contributed by atoms with E-state index in [1.54, 1.807) is 18.2 Å². The number of carbonyl (C=O) groups excluding carboxylic acids is 2. The van der Waals surface area contributed by atoms with Gasteiger partial charge in [0, 0.05) is 23.9 Å². The summed E-state index contributed by atoms with van der Waals surface area (Å²) in [5.41, 5.74) is 2.23. The zero-order chi connectivity index (χ0) is 26.3. The first kappa shape index (κ1) is 27.2. The highest BCUT2D eigenvalue weighted by atomic mass is 32.2. The number of fused-ring (bicyclic) bond motifs is 1. The third-order valence-corrected chi connectivity index (χ3v) is 7.45. The number of aromatic nitrogens is 1. The Balaban J connectivity index is 1.91. The number of rotatable bonds is 12. The van der Waals surface area contributed by atoms with E-state index in [0.717, 1.165) is 16.5 Å². The summed E-state index contributed by atoms with van der Waals surface area (Å²) in [5.74, 6) is -1.81. The van der Waals surface area contributed by atoms with Gasteiger partial charge in [-0.15, -0.1) is 0 Å². The number of aryl methyl sites for hydroxylation is 1. The Kier molecular flexibility index (Phi) is 9.12. The molecule has 0 aliphatic rings. The molecule has 1 aromatic heterocycles. The number of esters is 1. The third-order valence-electron chi connectivity index (χ3n) is 5.96. The number of ketones is 1. The molecule has 190 valence electrons. The van der Waals surface area contributed by atoms with Crippen molar-refractivity contribution in [2.75, 3.05) is 6.61 Å². The van der Waals surface area contributed by atoms with E-state index in [1.807, 2.05) is 51.1 Å². The molecule has 8 heteroatoms. The van der Waals surface area contributed by atoms with Crippen LogP contribution in [0.25, 0.3) is 10.9 Å². The molecule has 3 rings (SSSR count). The van der Waals surface area contributed by atoms with Crippen LogP contribution in [0.2, 0.25) is 0 Å². The van der Waals surface area contributed by atoms with E-state index in [0.29, 0.717) is 5.69 Å². The molecule has 0 bridgehead atoms. The predicted molar refractivity (Wildman–Crippen MR) is 140 cm³/mol. The van der Waals surface area contributed by atoms with Gasteiger partial charge >= 0.3 is 5.97 Å². The molecule has 0 saturated carbocycles. The summed E-state index contributed by atoms with van der Waals surface area (Å²) in [6.45, 7) is 9.09. The highest BCUT2D eigenvalue weighted by Gasteiger charge is 2.32. The van der Waals surface area contributed by atoms with Crippen molar-refractivity contribution < 1.29 is 22.7 Å². The van der Waals surface area contributed by atoms with Gasteiger partial charge in [-0.2, -0.15) is 0 Å². The smallest absolute Gasteiger partial charge is 0.309 e. The highest BCUT2D eigenvalue weighted by molar-refractivity contribution is 7.89. The number of pyridine rings is 1. The van der Waals surface area contributed by atoms with Gasteiger partial charge in [0.2, 0.25) is 10.0 Å². The van der Waals surface area contributed by atoms with Gasteiger partial charge in [-0.05, 0) is 37.1 Å². The van der Waals surface area contributed by atoms with Gasteiger partial charge in [0.15, 0.2) is 5.78 Å². The van der Waals surface area contributed by atoms with Crippen LogP contribution in [0.15, 0.2) is 78.2 Å². The van der Waals surface area contributed by atoms with Crippen LogP contribution in [0.1, 0.15) is 31.5 Å². The van der Waals surface area contributed by atoms with Crippen LogP contribution in [-0.4, -0.2) is 37.8 Å². The fourth-order valence-corrected chi connectivity index (χ4v) is 5.04. The second kappa shape index (κ2) is 12.1. The van der Waals surface area contributed by atoms with Crippen LogP contribution in [0.4, 0.5) is 0 Å². The Morgan fingerprint density at radius 2 is 1.75 bits per heavy atom. The number of ether oxygens (including phenoxy) is 1. The Hall–Kier alpha value is -3.36. The van der Waals surface area contributed by atoms with Crippen LogP contribution in [-0.2, 0) is 30.8 Å². The van der Waals surface area contributed by atoms with Crippen molar-refractivity contribution >= 4 is 32.7 Å². The first-order chi connectivity index (χ1) is 17.1. The number of sulfonamides is 1. The maximum atomic E-state index is 13.5. The third kappa shape index (κ3) is 7.08. The lowest BCUT2D eigenvalue weighted by atomic mass is 9.88. The fraction of sp³-hybridized carbons (Fsp3) is 0.321. The molecule has 36 heavy (non-hydrogen) atoms. The molecule has 2 atom stereocenters. The molecular formula is C28H32N2O5S. The predicted octanol–water partition coefficient (Wildman–Crippen LogP) is 4.39. The average Bonchev–Trinajstić information content (AvgIpc) is 2.85. The Morgan fingerprint density at radius 3 is 2.42 bits per heavy atom. The zero-order valence-corrected chi connectivity index (χ0v) is 21.6. The second-order valence-corrected chi connectivity index (χ2v) is 10.8. The molecule has 1 heterocycles. The molecule has 7 nitrogen and oxygen atoms in total. The quantitative estimate of drug-likeness (QED) is 0.288. The number of carbonyl (C=O) groups is 2. The van der Waals surface area contributed by atoms with Gasteiger partial charge < -0.3 is 4.74 Å². The van der Waals surface area contributed by atoms with Crippen LogP contribution >= 0.6 is 0 Å². The molecule has 0 saturated heterocycles. The number of nitrogens with zero attached hydrogens (tertiary/aromatic N) is 1. The Bertz CT molecular complexity index is 1330. The van der Waals surface area contributed by atoms with Gasteiger partial charge in [0.1, 0.15) is 6.61 Å². The Labute approximate surface area is 212 Å². The van der Waals surface area contributed by atoms with E-state index >= 15 is 0 Å². The molecule has 0 amide bonds. The molecule has 0 spiro atoms. The summed E-state index contributed by atoms with van der Waals surface area (Å²) in [5, 5.41) is 0.939. The topological polar surface area (TPSA) is 102 Å². The number of benzene rings is 2. The van der Waals surface area contributed by atoms with Crippen molar-refractivity contribution in [1.29, 1.82) is 0 Å².